The zero-order chi connectivity index (χ0) is 16.8. The highest BCUT2D eigenvalue weighted by Crippen LogP contribution is 2.31. The predicted molar refractivity (Wildman–Crippen MR) is 92.3 cm³/mol. The Hall–Kier alpha value is -1.60. The molecule has 1 heterocycles. The van der Waals surface area contributed by atoms with E-state index < -0.39 is 0 Å². The standard InChI is InChI=1S/C16H23N3O3S/c1-3-17(4-2)10-9-16-18(15(20)12-23-16)11-13-7-5-6-8-14(13)19(21)22/h5-8,16H,3-4,9-12H2,1-2H3. The van der Waals surface area contributed by atoms with Crippen molar-refractivity contribution in [2.24, 2.45) is 0 Å². The fraction of sp³-hybridized carbons (Fsp3) is 0.562. The van der Waals surface area contributed by atoms with E-state index in [9.17, 15) is 14.9 Å². The van der Waals surface area contributed by atoms with Gasteiger partial charge >= 0.3 is 0 Å². The molecule has 0 aromatic heterocycles. The fourth-order valence-corrected chi connectivity index (χ4v) is 3.91. The smallest absolute Gasteiger partial charge is 0.274 e. The summed E-state index contributed by atoms with van der Waals surface area (Å²) in [5.74, 6) is 0.529. The number of benzene rings is 1. The Bertz CT molecular complexity index is 563. The van der Waals surface area contributed by atoms with Gasteiger partial charge in [0.15, 0.2) is 0 Å². The van der Waals surface area contributed by atoms with Crippen LogP contribution in [0.1, 0.15) is 25.8 Å². The van der Waals surface area contributed by atoms with Crippen molar-refractivity contribution < 1.29 is 9.72 Å². The summed E-state index contributed by atoms with van der Waals surface area (Å²) in [5, 5.41) is 11.2. The number of carbonyl (C=O) groups is 1. The van der Waals surface area contributed by atoms with Gasteiger partial charge in [0.2, 0.25) is 5.91 Å². The van der Waals surface area contributed by atoms with Crippen LogP contribution >= 0.6 is 11.8 Å². The molecule has 7 heteroatoms. The molecule has 0 spiro atoms. The van der Waals surface area contributed by atoms with E-state index >= 15 is 0 Å². The molecule has 0 saturated carbocycles. The van der Waals surface area contributed by atoms with Crippen molar-refractivity contribution in [1.29, 1.82) is 0 Å². The Morgan fingerprint density at radius 1 is 1.35 bits per heavy atom. The minimum atomic E-state index is -0.381. The van der Waals surface area contributed by atoms with E-state index in [1.54, 1.807) is 34.9 Å². The SMILES string of the molecule is CCN(CC)CCC1SCC(=O)N1Cc1ccccc1[N+](=O)[O-]. The fourth-order valence-electron chi connectivity index (χ4n) is 2.77. The number of nitrogens with zero attached hydrogens (tertiary/aromatic N) is 3. The third kappa shape index (κ3) is 4.45. The molecule has 6 nitrogen and oxygen atoms in total. The van der Waals surface area contributed by atoms with Gasteiger partial charge in [0, 0.05) is 18.2 Å². The zero-order valence-electron chi connectivity index (χ0n) is 13.6. The van der Waals surface area contributed by atoms with Gasteiger partial charge in [-0.25, -0.2) is 0 Å². The number of carbonyl (C=O) groups excluding carboxylic acids is 1. The van der Waals surface area contributed by atoms with Crippen molar-refractivity contribution >= 4 is 23.4 Å². The lowest BCUT2D eigenvalue weighted by Gasteiger charge is -2.26. The van der Waals surface area contributed by atoms with E-state index in [1.807, 2.05) is 0 Å². The highest BCUT2D eigenvalue weighted by Gasteiger charge is 2.32. The second-order valence-corrected chi connectivity index (χ2v) is 6.65. The van der Waals surface area contributed by atoms with Crippen molar-refractivity contribution in [3.05, 3.63) is 39.9 Å². The molecule has 0 bridgehead atoms. The van der Waals surface area contributed by atoms with Gasteiger partial charge in [-0.15, -0.1) is 11.8 Å². The summed E-state index contributed by atoms with van der Waals surface area (Å²) >= 11 is 1.63. The molecule has 1 atom stereocenters. The lowest BCUT2D eigenvalue weighted by Crippen LogP contribution is -2.35. The first-order valence-electron chi connectivity index (χ1n) is 7.92. The van der Waals surface area contributed by atoms with E-state index in [0.717, 1.165) is 26.1 Å². The summed E-state index contributed by atoms with van der Waals surface area (Å²) in [4.78, 5) is 27.1. The third-order valence-electron chi connectivity index (χ3n) is 4.18. The van der Waals surface area contributed by atoms with Crippen molar-refractivity contribution in [2.75, 3.05) is 25.4 Å². The highest BCUT2D eigenvalue weighted by atomic mass is 32.2. The summed E-state index contributed by atoms with van der Waals surface area (Å²) in [6.45, 7) is 7.48. The minimum Gasteiger partial charge on any atom is -0.325 e. The molecule has 1 unspecified atom stereocenters. The molecule has 0 radical (unpaired) electrons. The van der Waals surface area contributed by atoms with E-state index in [0.29, 0.717) is 17.9 Å². The van der Waals surface area contributed by atoms with Gasteiger partial charge in [-0.05, 0) is 19.5 Å². The summed E-state index contributed by atoms with van der Waals surface area (Å²) in [5.41, 5.74) is 0.681. The maximum absolute atomic E-state index is 12.2. The molecule has 23 heavy (non-hydrogen) atoms. The van der Waals surface area contributed by atoms with Crippen molar-refractivity contribution in [3.63, 3.8) is 0 Å². The number of nitro groups is 1. The summed E-state index contributed by atoms with van der Waals surface area (Å²) in [6, 6.07) is 6.66. The molecule has 1 aliphatic rings. The molecule has 1 aliphatic heterocycles. The topological polar surface area (TPSA) is 66.7 Å². The van der Waals surface area contributed by atoms with Crippen LogP contribution in [0.3, 0.4) is 0 Å². The Kier molecular flexibility index (Phi) is 6.41. The molecular formula is C16H23N3O3S. The number of amides is 1. The molecule has 2 rings (SSSR count). The van der Waals surface area contributed by atoms with Crippen LogP contribution in [0.25, 0.3) is 0 Å². The molecule has 1 fully saturated rings. The van der Waals surface area contributed by atoms with Crippen LogP contribution in [0, 0.1) is 10.1 Å². The van der Waals surface area contributed by atoms with Crippen molar-refractivity contribution in [2.45, 2.75) is 32.2 Å². The summed E-state index contributed by atoms with van der Waals surface area (Å²) < 4.78 is 0. The first-order chi connectivity index (χ1) is 11.1. The van der Waals surface area contributed by atoms with E-state index in [-0.39, 0.29) is 21.9 Å². The van der Waals surface area contributed by atoms with Gasteiger partial charge in [-0.1, -0.05) is 32.0 Å². The van der Waals surface area contributed by atoms with Gasteiger partial charge in [-0.2, -0.15) is 0 Å². The monoisotopic (exact) mass is 337 g/mol. The Labute approximate surface area is 141 Å². The number of nitro benzene ring substituents is 1. The molecular weight excluding hydrogens is 314 g/mol. The van der Waals surface area contributed by atoms with Gasteiger partial charge in [0.1, 0.15) is 0 Å². The quantitative estimate of drug-likeness (QED) is 0.539. The van der Waals surface area contributed by atoms with Crippen LogP contribution in [-0.2, 0) is 11.3 Å². The van der Waals surface area contributed by atoms with Crippen LogP contribution in [0.4, 0.5) is 5.69 Å². The first-order valence-corrected chi connectivity index (χ1v) is 8.97. The minimum absolute atomic E-state index is 0.0673. The average Bonchev–Trinajstić information content (AvgIpc) is 2.89. The number of para-hydroxylation sites is 1. The highest BCUT2D eigenvalue weighted by molar-refractivity contribution is 8.00. The lowest BCUT2D eigenvalue weighted by molar-refractivity contribution is -0.385. The number of rotatable bonds is 8. The average molecular weight is 337 g/mol. The normalized spacial score (nSPS) is 18.0. The summed E-state index contributed by atoms with van der Waals surface area (Å²) in [7, 11) is 0. The van der Waals surface area contributed by atoms with Crippen LogP contribution < -0.4 is 0 Å². The number of hydrogen-bond acceptors (Lipinski definition) is 5. The van der Waals surface area contributed by atoms with Crippen LogP contribution in [0.15, 0.2) is 24.3 Å². The maximum Gasteiger partial charge on any atom is 0.274 e. The molecule has 1 aromatic rings. The van der Waals surface area contributed by atoms with Gasteiger partial charge in [0.05, 0.1) is 22.6 Å². The second-order valence-electron chi connectivity index (χ2n) is 5.49. The molecule has 1 aromatic carbocycles. The van der Waals surface area contributed by atoms with E-state index in [4.69, 9.17) is 0 Å². The van der Waals surface area contributed by atoms with Crippen LogP contribution in [0.2, 0.25) is 0 Å². The Morgan fingerprint density at radius 3 is 2.70 bits per heavy atom. The Balaban J connectivity index is 2.07. The maximum atomic E-state index is 12.2. The van der Waals surface area contributed by atoms with Gasteiger partial charge in [-0.3, -0.25) is 14.9 Å². The first kappa shape index (κ1) is 17.7. The molecule has 1 saturated heterocycles. The van der Waals surface area contributed by atoms with Crippen LogP contribution in [0.5, 0.6) is 0 Å². The van der Waals surface area contributed by atoms with Gasteiger partial charge < -0.3 is 9.80 Å². The van der Waals surface area contributed by atoms with E-state index in [2.05, 4.69) is 18.7 Å². The molecule has 0 N–H and O–H groups in total. The zero-order valence-corrected chi connectivity index (χ0v) is 14.4. The van der Waals surface area contributed by atoms with Crippen molar-refractivity contribution in [1.82, 2.24) is 9.80 Å². The largest absolute Gasteiger partial charge is 0.325 e. The summed E-state index contributed by atoms with van der Waals surface area (Å²) in [6.07, 6.45) is 0.888. The lowest BCUT2D eigenvalue weighted by atomic mass is 10.1. The predicted octanol–water partition coefficient (Wildman–Crippen LogP) is 2.73. The second kappa shape index (κ2) is 8.31. The third-order valence-corrected chi connectivity index (χ3v) is 5.47. The van der Waals surface area contributed by atoms with Crippen molar-refractivity contribution in [3.8, 4) is 0 Å². The number of hydrogen-bond donors (Lipinski definition) is 0. The van der Waals surface area contributed by atoms with Gasteiger partial charge in [0.25, 0.3) is 5.69 Å². The van der Waals surface area contributed by atoms with Crippen LogP contribution in [-0.4, -0.2) is 51.4 Å². The molecule has 0 aliphatic carbocycles. The molecule has 126 valence electrons. The Morgan fingerprint density at radius 2 is 2.04 bits per heavy atom. The number of thioether (sulfide) groups is 1. The molecule has 1 amide bonds. The van der Waals surface area contributed by atoms with E-state index in [1.165, 1.54) is 6.07 Å².